The first-order valence-corrected chi connectivity index (χ1v) is 11.5. The van der Waals surface area contributed by atoms with E-state index in [1.165, 1.54) is 0 Å². The van der Waals surface area contributed by atoms with E-state index in [1.54, 1.807) is 36.1 Å². The van der Waals surface area contributed by atoms with Crippen LogP contribution in [0.15, 0.2) is 78.9 Å². The van der Waals surface area contributed by atoms with E-state index in [0.717, 1.165) is 17.7 Å². The highest BCUT2D eigenvalue weighted by Gasteiger charge is 2.23. The number of benzene rings is 3. The molecule has 3 aromatic rings. The fourth-order valence-electron chi connectivity index (χ4n) is 3.67. The largest absolute Gasteiger partial charge is 0.481 e. The minimum atomic E-state index is -0.727. The summed E-state index contributed by atoms with van der Waals surface area (Å²) in [5, 5.41) is 2.89. The number of anilines is 2. The van der Waals surface area contributed by atoms with E-state index in [9.17, 15) is 9.59 Å². The number of hydrogen-bond acceptors (Lipinski definition) is 3. The molecule has 0 aromatic heterocycles. The van der Waals surface area contributed by atoms with Gasteiger partial charge >= 0.3 is 0 Å². The van der Waals surface area contributed by atoms with Gasteiger partial charge in [0.25, 0.3) is 11.8 Å². The van der Waals surface area contributed by atoms with Gasteiger partial charge in [-0.3, -0.25) is 9.59 Å². The maximum absolute atomic E-state index is 13.3. The number of ether oxygens (including phenoxy) is 1. The second-order valence-corrected chi connectivity index (χ2v) is 8.03. The molecule has 2 unspecified atom stereocenters. The maximum atomic E-state index is 13.3. The van der Waals surface area contributed by atoms with Gasteiger partial charge in [-0.2, -0.15) is 0 Å². The summed E-state index contributed by atoms with van der Waals surface area (Å²) in [7, 11) is 0. The molecular weight excluding hydrogens is 412 g/mol. The van der Waals surface area contributed by atoms with Crippen molar-refractivity contribution in [1.82, 2.24) is 0 Å². The first-order valence-electron chi connectivity index (χ1n) is 11.5. The summed E-state index contributed by atoms with van der Waals surface area (Å²) in [4.78, 5) is 28.0. The molecule has 0 radical (unpaired) electrons. The molecule has 0 fully saturated rings. The third-order valence-corrected chi connectivity index (χ3v) is 5.78. The quantitative estimate of drug-likeness (QED) is 0.423. The highest BCUT2D eigenvalue weighted by atomic mass is 16.5. The SMILES string of the molecule is CCC(C)c1ccccc1OC(C)C(=O)Nc1ccccc1C(=O)N(CC)c1ccccc1. The molecular formula is C28H32N2O3. The van der Waals surface area contributed by atoms with E-state index in [4.69, 9.17) is 4.74 Å². The first kappa shape index (κ1) is 24.1. The summed E-state index contributed by atoms with van der Waals surface area (Å²) in [6.45, 7) is 8.42. The summed E-state index contributed by atoms with van der Waals surface area (Å²) in [5.74, 6) is 0.556. The molecule has 0 saturated carbocycles. The van der Waals surface area contributed by atoms with Crippen LogP contribution in [-0.4, -0.2) is 24.5 Å². The summed E-state index contributed by atoms with van der Waals surface area (Å²) < 4.78 is 6.03. The molecule has 2 amide bonds. The Labute approximate surface area is 196 Å². The predicted octanol–water partition coefficient (Wildman–Crippen LogP) is 6.27. The molecule has 0 heterocycles. The van der Waals surface area contributed by atoms with Gasteiger partial charge in [-0.15, -0.1) is 0 Å². The Balaban J connectivity index is 1.78. The number of carbonyl (C=O) groups is 2. The van der Waals surface area contributed by atoms with E-state index in [-0.39, 0.29) is 11.8 Å². The van der Waals surface area contributed by atoms with Crippen molar-refractivity contribution in [3.63, 3.8) is 0 Å². The molecule has 0 bridgehead atoms. The van der Waals surface area contributed by atoms with Gasteiger partial charge < -0.3 is 15.0 Å². The number of rotatable bonds is 9. The molecule has 0 aliphatic carbocycles. The van der Waals surface area contributed by atoms with Crippen LogP contribution in [0.5, 0.6) is 5.75 Å². The number of nitrogens with zero attached hydrogens (tertiary/aromatic N) is 1. The van der Waals surface area contributed by atoms with Crippen molar-refractivity contribution in [2.45, 2.75) is 46.1 Å². The Morgan fingerprint density at radius 2 is 1.52 bits per heavy atom. The van der Waals surface area contributed by atoms with Gasteiger partial charge in [0.2, 0.25) is 0 Å². The van der Waals surface area contributed by atoms with Gasteiger partial charge in [0.1, 0.15) is 5.75 Å². The lowest BCUT2D eigenvalue weighted by atomic mass is 9.98. The van der Waals surface area contributed by atoms with Crippen LogP contribution in [0.1, 0.15) is 56.0 Å². The summed E-state index contributed by atoms with van der Waals surface area (Å²) in [5.41, 5.74) is 2.79. The summed E-state index contributed by atoms with van der Waals surface area (Å²) in [6, 6.07) is 24.4. The standard InChI is InChI=1S/C28H32N2O3/c1-5-20(3)23-16-11-13-19-26(23)33-21(4)27(31)29-25-18-12-10-17-24(25)28(32)30(6-2)22-14-8-7-9-15-22/h7-21H,5-6H2,1-4H3,(H,29,31). The fourth-order valence-corrected chi connectivity index (χ4v) is 3.67. The smallest absolute Gasteiger partial charge is 0.265 e. The molecule has 172 valence electrons. The van der Waals surface area contributed by atoms with Crippen LogP contribution in [-0.2, 0) is 4.79 Å². The van der Waals surface area contributed by atoms with Crippen LogP contribution in [0, 0.1) is 0 Å². The van der Waals surface area contributed by atoms with Gasteiger partial charge in [0.15, 0.2) is 6.10 Å². The zero-order valence-electron chi connectivity index (χ0n) is 19.7. The summed E-state index contributed by atoms with van der Waals surface area (Å²) in [6.07, 6.45) is 0.251. The lowest BCUT2D eigenvalue weighted by molar-refractivity contribution is -0.122. The second kappa shape index (κ2) is 11.3. The molecule has 1 N–H and O–H groups in total. The molecule has 3 rings (SSSR count). The normalized spacial score (nSPS) is 12.5. The first-order chi connectivity index (χ1) is 16.0. The highest BCUT2D eigenvalue weighted by Crippen LogP contribution is 2.29. The average Bonchev–Trinajstić information content (AvgIpc) is 2.85. The van der Waals surface area contributed by atoms with Crippen LogP contribution < -0.4 is 15.0 Å². The lowest BCUT2D eigenvalue weighted by Gasteiger charge is -2.23. The van der Waals surface area contributed by atoms with Crippen molar-refractivity contribution in [3.8, 4) is 5.75 Å². The number of para-hydroxylation sites is 3. The molecule has 0 spiro atoms. The molecule has 5 nitrogen and oxygen atoms in total. The second-order valence-electron chi connectivity index (χ2n) is 8.03. The molecule has 5 heteroatoms. The number of carbonyl (C=O) groups excluding carboxylic acids is 2. The predicted molar refractivity (Wildman–Crippen MR) is 134 cm³/mol. The monoisotopic (exact) mass is 444 g/mol. The molecule has 2 atom stereocenters. The van der Waals surface area contributed by atoms with E-state index >= 15 is 0 Å². The van der Waals surface area contributed by atoms with Crippen LogP contribution in [0.4, 0.5) is 11.4 Å². The summed E-state index contributed by atoms with van der Waals surface area (Å²) >= 11 is 0. The van der Waals surface area contributed by atoms with Crippen molar-refractivity contribution < 1.29 is 14.3 Å². The van der Waals surface area contributed by atoms with Crippen molar-refractivity contribution in [2.24, 2.45) is 0 Å². The van der Waals surface area contributed by atoms with Gasteiger partial charge in [0, 0.05) is 12.2 Å². The Kier molecular flexibility index (Phi) is 8.25. The molecule has 33 heavy (non-hydrogen) atoms. The zero-order valence-corrected chi connectivity index (χ0v) is 19.7. The highest BCUT2D eigenvalue weighted by molar-refractivity contribution is 6.11. The van der Waals surface area contributed by atoms with Crippen molar-refractivity contribution in [1.29, 1.82) is 0 Å². The average molecular weight is 445 g/mol. The Bertz CT molecular complexity index is 1080. The van der Waals surface area contributed by atoms with Crippen LogP contribution in [0.25, 0.3) is 0 Å². The van der Waals surface area contributed by atoms with Crippen LogP contribution in [0.3, 0.4) is 0 Å². The third kappa shape index (κ3) is 5.80. The van der Waals surface area contributed by atoms with E-state index in [2.05, 4.69) is 19.2 Å². The number of hydrogen-bond donors (Lipinski definition) is 1. The van der Waals surface area contributed by atoms with Gasteiger partial charge in [0.05, 0.1) is 11.3 Å². The van der Waals surface area contributed by atoms with Crippen molar-refractivity contribution in [3.05, 3.63) is 90.0 Å². The van der Waals surface area contributed by atoms with Gasteiger partial charge in [-0.25, -0.2) is 0 Å². The lowest BCUT2D eigenvalue weighted by Crippen LogP contribution is -2.34. The van der Waals surface area contributed by atoms with E-state index in [1.807, 2.05) is 61.5 Å². The molecule has 0 aliphatic rings. The number of nitrogens with one attached hydrogen (secondary N) is 1. The van der Waals surface area contributed by atoms with Crippen LogP contribution >= 0.6 is 0 Å². The third-order valence-electron chi connectivity index (χ3n) is 5.78. The van der Waals surface area contributed by atoms with Gasteiger partial charge in [-0.05, 0) is 62.1 Å². The van der Waals surface area contributed by atoms with E-state index in [0.29, 0.717) is 29.5 Å². The number of amides is 2. The Hall–Kier alpha value is -3.60. The topological polar surface area (TPSA) is 58.6 Å². The van der Waals surface area contributed by atoms with Gasteiger partial charge in [-0.1, -0.05) is 62.4 Å². The van der Waals surface area contributed by atoms with E-state index < -0.39 is 6.10 Å². The molecule has 3 aromatic carbocycles. The van der Waals surface area contributed by atoms with Crippen molar-refractivity contribution >= 4 is 23.2 Å². The molecule has 0 aliphatic heterocycles. The Morgan fingerprint density at radius 1 is 0.879 bits per heavy atom. The van der Waals surface area contributed by atoms with Crippen LogP contribution in [0.2, 0.25) is 0 Å². The minimum absolute atomic E-state index is 0.171. The minimum Gasteiger partial charge on any atom is -0.481 e. The molecule has 0 saturated heterocycles. The van der Waals surface area contributed by atoms with Crippen molar-refractivity contribution in [2.75, 3.05) is 16.8 Å². The Morgan fingerprint density at radius 3 is 2.21 bits per heavy atom. The zero-order chi connectivity index (χ0) is 23.8. The maximum Gasteiger partial charge on any atom is 0.265 e. The fraction of sp³-hybridized carbons (Fsp3) is 0.286.